The SMILES string of the molecule is O=C1OC(c2ccccc2[N+](=O)[O-])C(=O)N1c1cc(Cl)ccc1Cl. The van der Waals surface area contributed by atoms with Crippen LogP contribution in [0.4, 0.5) is 16.2 Å². The Kier molecular flexibility index (Phi) is 4.13. The highest BCUT2D eigenvalue weighted by molar-refractivity contribution is 6.37. The van der Waals surface area contributed by atoms with Crippen molar-refractivity contribution in [1.29, 1.82) is 0 Å². The van der Waals surface area contributed by atoms with Gasteiger partial charge in [0.1, 0.15) is 0 Å². The third-order valence-electron chi connectivity index (χ3n) is 3.41. The van der Waals surface area contributed by atoms with Gasteiger partial charge in [-0.1, -0.05) is 35.3 Å². The van der Waals surface area contributed by atoms with Crippen LogP contribution >= 0.6 is 23.2 Å². The first-order chi connectivity index (χ1) is 11.4. The van der Waals surface area contributed by atoms with E-state index in [1.54, 1.807) is 0 Å². The predicted octanol–water partition coefficient (Wildman–Crippen LogP) is 4.13. The van der Waals surface area contributed by atoms with Gasteiger partial charge in [0.2, 0.25) is 6.10 Å². The van der Waals surface area contributed by atoms with E-state index in [1.807, 2.05) is 0 Å². The molecule has 122 valence electrons. The number of para-hydroxylation sites is 1. The third kappa shape index (κ3) is 2.68. The second kappa shape index (κ2) is 6.10. The summed E-state index contributed by atoms with van der Waals surface area (Å²) in [5, 5.41) is 11.5. The first-order valence-electron chi connectivity index (χ1n) is 6.63. The molecule has 1 aliphatic heterocycles. The maximum absolute atomic E-state index is 12.6. The topological polar surface area (TPSA) is 89.7 Å². The van der Waals surface area contributed by atoms with Crippen LogP contribution in [-0.4, -0.2) is 16.9 Å². The summed E-state index contributed by atoms with van der Waals surface area (Å²) in [6.45, 7) is 0. The van der Waals surface area contributed by atoms with Crippen LogP contribution in [0.5, 0.6) is 0 Å². The predicted molar refractivity (Wildman–Crippen MR) is 86.3 cm³/mol. The summed E-state index contributed by atoms with van der Waals surface area (Å²) in [7, 11) is 0. The molecule has 0 N–H and O–H groups in total. The molecule has 1 fully saturated rings. The van der Waals surface area contributed by atoms with Crippen molar-refractivity contribution >= 4 is 46.6 Å². The molecule has 7 nitrogen and oxygen atoms in total. The van der Waals surface area contributed by atoms with E-state index in [1.165, 1.54) is 42.5 Å². The number of hydrogen-bond donors (Lipinski definition) is 0. The standard InChI is InChI=1S/C15H8Cl2N2O5/c16-8-5-6-10(17)12(7-8)18-14(20)13(24-15(18)21)9-3-1-2-4-11(9)19(22)23/h1-7,13H. The van der Waals surface area contributed by atoms with Crippen molar-refractivity contribution in [2.45, 2.75) is 6.10 Å². The second-order valence-electron chi connectivity index (χ2n) is 4.85. The lowest BCUT2D eigenvalue weighted by Crippen LogP contribution is -2.29. The van der Waals surface area contributed by atoms with Crippen molar-refractivity contribution in [3.63, 3.8) is 0 Å². The number of nitrogens with zero attached hydrogens (tertiary/aromatic N) is 2. The van der Waals surface area contributed by atoms with Crippen LogP contribution in [0.25, 0.3) is 0 Å². The van der Waals surface area contributed by atoms with E-state index in [2.05, 4.69) is 0 Å². The smallest absolute Gasteiger partial charge is 0.422 e. The molecule has 0 saturated carbocycles. The number of nitro benzene ring substituents is 1. The fourth-order valence-electron chi connectivity index (χ4n) is 2.36. The van der Waals surface area contributed by atoms with Crippen molar-refractivity contribution in [3.8, 4) is 0 Å². The lowest BCUT2D eigenvalue weighted by atomic mass is 10.1. The van der Waals surface area contributed by atoms with Crippen LogP contribution in [0.15, 0.2) is 42.5 Å². The maximum Gasteiger partial charge on any atom is 0.422 e. The van der Waals surface area contributed by atoms with Gasteiger partial charge in [-0.2, -0.15) is 0 Å². The van der Waals surface area contributed by atoms with Crippen molar-refractivity contribution in [3.05, 3.63) is 68.2 Å². The Morgan fingerprint density at radius 1 is 1.12 bits per heavy atom. The number of nitro groups is 1. The molecule has 1 unspecified atom stereocenters. The van der Waals surface area contributed by atoms with E-state index in [-0.39, 0.29) is 27.0 Å². The zero-order valence-electron chi connectivity index (χ0n) is 11.8. The Hall–Kier alpha value is -2.64. The molecule has 2 aromatic rings. The van der Waals surface area contributed by atoms with Gasteiger partial charge in [0, 0.05) is 11.1 Å². The Bertz CT molecular complexity index is 871. The van der Waals surface area contributed by atoms with Crippen LogP contribution in [0.2, 0.25) is 10.0 Å². The summed E-state index contributed by atoms with van der Waals surface area (Å²) in [4.78, 5) is 35.9. The van der Waals surface area contributed by atoms with Crippen LogP contribution in [-0.2, 0) is 9.53 Å². The van der Waals surface area contributed by atoms with Gasteiger partial charge in [0.25, 0.3) is 11.6 Å². The molecule has 1 heterocycles. The van der Waals surface area contributed by atoms with Crippen molar-refractivity contribution in [2.75, 3.05) is 4.90 Å². The summed E-state index contributed by atoms with van der Waals surface area (Å²) >= 11 is 11.9. The number of amides is 2. The largest absolute Gasteiger partial charge is 0.430 e. The number of benzene rings is 2. The zero-order valence-corrected chi connectivity index (χ0v) is 13.3. The lowest BCUT2D eigenvalue weighted by molar-refractivity contribution is -0.386. The van der Waals surface area contributed by atoms with Gasteiger partial charge >= 0.3 is 6.09 Å². The fraction of sp³-hybridized carbons (Fsp3) is 0.0667. The molecule has 1 atom stereocenters. The number of imide groups is 1. The number of carbonyl (C=O) groups excluding carboxylic acids is 2. The fourth-order valence-corrected chi connectivity index (χ4v) is 2.73. The number of rotatable bonds is 3. The molecule has 1 saturated heterocycles. The Morgan fingerprint density at radius 3 is 2.54 bits per heavy atom. The normalized spacial score (nSPS) is 17.1. The third-order valence-corrected chi connectivity index (χ3v) is 3.97. The maximum atomic E-state index is 12.6. The van der Waals surface area contributed by atoms with Gasteiger partial charge in [-0.15, -0.1) is 0 Å². The van der Waals surface area contributed by atoms with E-state index in [0.717, 1.165) is 4.90 Å². The summed E-state index contributed by atoms with van der Waals surface area (Å²) in [6.07, 6.45) is -2.40. The lowest BCUT2D eigenvalue weighted by Gasteiger charge is -2.13. The minimum absolute atomic E-state index is 0.0125. The van der Waals surface area contributed by atoms with E-state index in [9.17, 15) is 19.7 Å². The van der Waals surface area contributed by atoms with Gasteiger partial charge < -0.3 is 4.74 Å². The van der Waals surface area contributed by atoms with E-state index in [0.29, 0.717) is 0 Å². The highest BCUT2D eigenvalue weighted by atomic mass is 35.5. The highest BCUT2D eigenvalue weighted by Gasteiger charge is 2.45. The average molecular weight is 367 g/mol. The summed E-state index contributed by atoms with van der Waals surface area (Å²) < 4.78 is 5.04. The van der Waals surface area contributed by atoms with Crippen LogP contribution in [0, 0.1) is 10.1 Å². The first kappa shape index (κ1) is 16.2. The molecule has 24 heavy (non-hydrogen) atoms. The molecular weight excluding hydrogens is 359 g/mol. The number of ether oxygens (including phenoxy) is 1. The summed E-state index contributed by atoms with van der Waals surface area (Å²) in [5.74, 6) is -0.779. The molecule has 9 heteroatoms. The summed E-state index contributed by atoms with van der Waals surface area (Å²) in [6, 6.07) is 9.82. The quantitative estimate of drug-likeness (QED) is 0.601. The van der Waals surface area contributed by atoms with Crippen LogP contribution < -0.4 is 4.90 Å². The Morgan fingerprint density at radius 2 is 1.83 bits per heavy atom. The molecule has 0 aliphatic carbocycles. The van der Waals surface area contributed by atoms with Crippen LogP contribution in [0.3, 0.4) is 0 Å². The molecule has 2 aromatic carbocycles. The summed E-state index contributed by atoms with van der Waals surface area (Å²) in [5.41, 5.74) is -0.274. The molecule has 0 aromatic heterocycles. The Labute approximate surface area is 145 Å². The van der Waals surface area contributed by atoms with Crippen molar-refractivity contribution < 1.29 is 19.2 Å². The van der Waals surface area contributed by atoms with E-state index in [4.69, 9.17) is 27.9 Å². The molecule has 3 rings (SSSR count). The molecule has 0 bridgehead atoms. The zero-order chi connectivity index (χ0) is 17.4. The average Bonchev–Trinajstić information content (AvgIpc) is 2.84. The molecule has 0 radical (unpaired) electrons. The van der Waals surface area contributed by atoms with Gasteiger partial charge in [0.15, 0.2) is 0 Å². The van der Waals surface area contributed by atoms with E-state index >= 15 is 0 Å². The molecule has 1 aliphatic rings. The number of halogens is 2. The Balaban J connectivity index is 2.04. The van der Waals surface area contributed by atoms with Gasteiger partial charge in [0.05, 0.1) is 21.2 Å². The minimum Gasteiger partial charge on any atom is -0.430 e. The molecule has 2 amide bonds. The van der Waals surface area contributed by atoms with Crippen LogP contribution in [0.1, 0.15) is 11.7 Å². The van der Waals surface area contributed by atoms with Crippen molar-refractivity contribution in [2.24, 2.45) is 0 Å². The highest BCUT2D eigenvalue weighted by Crippen LogP contribution is 2.38. The molecule has 0 spiro atoms. The van der Waals surface area contributed by atoms with Gasteiger partial charge in [-0.3, -0.25) is 14.9 Å². The number of carbonyl (C=O) groups is 2. The first-order valence-corrected chi connectivity index (χ1v) is 7.38. The van der Waals surface area contributed by atoms with Crippen molar-refractivity contribution in [1.82, 2.24) is 0 Å². The number of hydrogen-bond acceptors (Lipinski definition) is 5. The van der Waals surface area contributed by atoms with Gasteiger partial charge in [-0.25, -0.2) is 9.69 Å². The monoisotopic (exact) mass is 366 g/mol. The second-order valence-corrected chi connectivity index (χ2v) is 5.69. The van der Waals surface area contributed by atoms with E-state index < -0.39 is 23.0 Å². The number of cyclic esters (lactones) is 1. The minimum atomic E-state index is -1.42. The molecular formula is C15H8Cl2N2O5. The number of anilines is 1. The van der Waals surface area contributed by atoms with Gasteiger partial charge in [-0.05, 0) is 24.3 Å².